The minimum Gasteiger partial charge on any atom is -0.382 e. The van der Waals surface area contributed by atoms with Crippen LogP contribution in [-0.2, 0) is 0 Å². The number of hydrogen-bond acceptors (Lipinski definition) is 4. The number of nitrogens with zero attached hydrogens (tertiary/aromatic N) is 3. The Morgan fingerprint density at radius 2 is 2.06 bits per heavy atom. The van der Waals surface area contributed by atoms with Crippen molar-refractivity contribution in [2.75, 3.05) is 5.73 Å². The highest BCUT2D eigenvalue weighted by atomic mass is 19.1. The SMILES string of the molecule is C[C@H](NC(=O)c1c[nH]c2ccc(-c3ccc4c(N)ncnn34)cc12)c1cccc(F)c1. The number of anilines is 1. The number of nitrogens with two attached hydrogens (primary N) is 1. The molecule has 8 heteroatoms. The highest BCUT2D eigenvalue weighted by Crippen LogP contribution is 2.28. The molecule has 7 nitrogen and oxygen atoms in total. The van der Waals surface area contributed by atoms with Gasteiger partial charge in [-0.25, -0.2) is 13.9 Å². The molecule has 0 aliphatic carbocycles. The number of fused-ring (bicyclic) bond motifs is 2. The lowest BCUT2D eigenvalue weighted by atomic mass is 10.1. The van der Waals surface area contributed by atoms with Gasteiger partial charge in [0.05, 0.1) is 17.3 Å². The molecule has 3 heterocycles. The number of benzene rings is 2. The summed E-state index contributed by atoms with van der Waals surface area (Å²) in [6.45, 7) is 1.82. The van der Waals surface area contributed by atoms with E-state index in [1.807, 2.05) is 37.3 Å². The van der Waals surface area contributed by atoms with E-state index in [1.54, 1.807) is 22.8 Å². The molecule has 1 atom stereocenters. The second-order valence-electron chi connectivity index (χ2n) is 7.37. The summed E-state index contributed by atoms with van der Waals surface area (Å²) in [5, 5.41) is 8.01. The minimum atomic E-state index is -0.342. The zero-order valence-corrected chi connectivity index (χ0v) is 16.6. The Labute approximate surface area is 176 Å². The van der Waals surface area contributed by atoms with Crippen LogP contribution < -0.4 is 11.1 Å². The molecule has 0 aliphatic rings. The number of amides is 1. The van der Waals surface area contributed by atoms with Gasteiger partial charge in [0.2, 0.25) is 0 Å². The third-order valence-corrected chi connectivity index (χ3v) is 5.40. The van der Waals surface area contributed by atoms with E-state index in [0.29, 0.717) is 22.5 Å². The third kappa shape index (κ3) is 3.28. The Bertz CT molecular complexity index is 1440. The molecule has 5 aromatic rings. The van der Waals surface area contributed by atoms with Gasteiger partial charge in [0, 0.05) is 22.7 Å². The van der Waals surface area contributed by atoms with Gasteiger partial charge >= 0.3 is 0 Å². The van der Waals surface area contributed by atoms with Crippen molar-refractivity contribution in [1.82, 2.24) is 24.9 Å². The summed E-state index contributed by atoms with van der Waals surface area (Å²) < 4.78 is 15.2. The maximum Gasteiger partial charge on any atom is 0.253 e. The van der Waals surface area contributed by atoms with Crippen LogP contribution in [-0.4, -0.2) is 25.5 Å². The lowest BCUT2D eigenvalue weighted by molar-refractivity contribution is 0.0941. The van der Waals surface area contributed by atoms with Crippen LogP contribution in [0.3, 0.4) is 0 Å². The van der Waals surface area contributed by atoms with Crippen LogP contribution in [0.1, 0.15) is 28.9 Å². The monoisotopic (exact) mass is 414 g/mol. The third-order valence-electron chi connectivity index (χ3n) is 5.40. The lowest BCUT2D eigenvalue weighted by Crippen LogP contribution is -2.26. The van der Waals surface area contributed by atoms with Crippen LogP contribution in [0, 0.1) is 5.82 Å². The zero-order valence-electron chi connectivity index (χ0n) is 16.6. The molecule has 0 unspecified atom stereocenters. The largest absolute Gasteiger partial charge is 0.382 e. The smallest absolute Gasteiger partial charge is 0.253 e. The average molecular weight is 414 g/mol. The van der Waals surface area contributed by atoms with Gasteiger partial charge < -0.3 is 16.0 Å². The number of aromatic amines is 1. The molecule has 0 spiro atoms. The molecule has 0 fully saturated rings. The van der Waals surface area contributed by atoms with Crippen molar-refractivity contribution in [2.45, 2.75) is 13.0 Å². The van der Waals surface area contributed by atoms with Crippen LogP contribution >= 0.6 is 0 Å². The molecule has 0 bridgehead atoms. The molecule has 154 valence electrons. The summed E-state index contributed by atoms with van der Waals surface area (Å²) in [6, 6.07) is 15.5. The van der Waals surface area contributed by atoms with Crippen LogP contribution in [0.4, 0.5) is 10.2 Å². The molecular weight excluding hydrogens is 395 g/mol. The first-order valence-electron chi connectivity index (χ1n) is 9.77. The Morgan fingerprint density at radius 3 is 2.90 bits per heavy atom. The van der Waals surface area contributed by atoms with Gasteiger partial charge in [0.15, 0.2) is 5.82 Å². The van der Waals surface area contributed by atoms with E-state index in [0.717, 1.165) is 22.2 Å². The maximum absolute atomic E-state index is 13.5. The quantitative estimate of drug-likeness (QED) is 0.412. The number of rotatable bonds is 4. The number of halogens is 1. The number of H-pyrrole nitrogens is 1. The summed E-state index contributed by atoms with van der Waals surface area (Å²) in [5.74, 6) is -0.179. The fourth-order valence-corrected chi connectivity index (χ4v) is 3.77. The molecule has 4 N–H and O–H groups in total. The van der Waals surface area contributed by atoms with Crippen molar-refractivity contribution in [3.05, 3.63) is 84.1 Å². The van der Waals surface area contributed by atoms with E-state index in [4.69, 9.17) is 5.73 Å². The van der Waals surface area contributed by atoms with Crippen LogP contribution in [0.15, 0.2) is 67.1 Å². The summed E-state index contributed by atoms with van der Waals surface area (Å²) in [7, 11) is 0. The van der Waals surface area contributed by atoms with Crippen LogP contribution in [0.25, 0.3) is 27.7 Å². The Morgan fingerprint density at radius 1 is 1.19 bits per heavy atom. The predicted molar refractivity (Wildman–Crippen MR) is 117 cm³/mol. The van der Waals surface area contributed by atoms with Gasteiger partial charge in [-0.15, -0.1) is 0 Å². The number of carbonyl (C=O) groups is 1. The number of nitrogen functional groups attached to an aromatic ring is 1. The number of carbonyl (C=O) groups excluding carboxylic acids is 1. The van der Waals surface area contributed by atoms with Gasteiger partial charge in [-0.05, 0) is 48.9 Å². The molecule has 5 rings (SSSR count). The molecule has 0 aliphatic heterocycles. The van der Waals surface area contributed by atoms with E-state index in [1.165, 1.54) is 18.5 Å². The molecule has 0 radical (unpaired) electrons. The maximum atomic E-state index is 13.5. The van der Waals surface area contributed by atoms with E-state index in [2.05, 4.69) is 20.4 Å². The fraction of sp³-hybridized carbons (Fsp3) is 0.0870. The average Bonchev–Trinajstić information content (AvgIpc) is 3.38. The molecule has 2 aromatic carbocycles. The topological polar surface area (TPSA) is 101 Å². The highest BCUT2D eigenvalue weighted by molar-refractivity contribution is 6.07. The first kappa shape index (κ1) is 18.8. The van der Waals surface area contributed by atoms with Crippen molar-refractivity contribution in [3.8, 4) is 11.3 Å². The second kappa shape index (κ2) is 7.24. The van der Waals surface area contributed by atoms with E-state index < -0.39 is 0 Å². The molecule has 1 amide bonds. The Kier molecular flexibility index (Phi) is 4.39. The van der Waals surface area contributed by atoms with Gasteiger partial charge in [-0.1, -0.05) is 18.2 Å². The van der Waals surface area contributed by atoms with Crippen LogP contribution in [0.2, 0.25) is 0 Å². The fourth-order valence-electron chi connectivity index (χ4n) is 3.77. The van der Waals surface area contributed by atoms with E-state index in [9.17, 15) is 9.18 Å². The van der Waals surface area contributed by atoms with Crippen molar-refractivity contribution in [2.24, 2.45) is 0 Å². The first-order chi connectivity index (χ1) is 15.0. The molecule has 0 saturated carbocycles. The van der Waals surface area contributed by atoms with Gasteiger partial charge in [-0.2, -0.15) is 5.10 Å². The van der Waals surface area contributed by atoms with E-state index in [-0.39, 0.29) is 17.8 Å². The first-order valence-corrected chi connectivity index (χ1v) is 9.77. The number of aromatic nitrogens is 4. The van der Waals surface area contributed by atoms with Gasteiger partial charge in [0.25, 0.3) is 5.91 Å². The normalized spacial score (nSPS) is 12.3. The molecule has 0 saturated heterocycles. The van der Waals surface area contributed by atoms with Crippen LogP contribution in [0.5, 0.6) is 0 Å². The van der Waals surface area contributed by atoms with Gasteiger partial charge in [0.1, 0.15) is 17.7 Å². The molecular formula is C23H19FN6O. The van der Waals surface area contributed by atoms with Crippen molar-refractivity contribution < 1.29 is 9.18 Å². The minimum absolute atomic E-state index is 0.244. The second-order valence-corrected chi connectivity index (χ2v) is 7.37. The molecule has 3 aromatic heterocycles. The molecule has 31 heavy (non-hydrogen) atoms. The van der Waals surface area contributed by atoms with E-state index >= 15 is 0 Å². The predicted octanol–water partition coefficient (Wildman–Crippen LogP) is 4.09. The summed E-state index contributed by atoms with van der Waals surface area (Å²) in [4.78, 5) is 20.1. The van der Waals surface area contributed by atoms with Crippen molar-refractivity contribution in [1.29, 1.82) is 0 Å². The van der Waals surface area contributed by atoms with Gasteiger partial charge in [-0.3, -0.25) is 4.79 Å². The number of nitrogens with one attached hydrogen (secondary N) is 2. The standard InChI is InChI=1S/C23H19FN6O/c1-13(14-3-2-4-16(24)9-14)29-23(31)18-11-26-19-6-5-15(10-17(18)19)20-7-8-21-22(25)27-12-28-30(20)21/h2-13,26H,1H3,(H,29,31)(H2,25,27,28)/t13-/m0/s1. The zero-order chi connectivity index (χ0) is 21.5. The Hall–Kier alpha value is -4.20. The van der Waals surface area contributed by atoms with Crippen molar-refractivity contribution >= 4 is 28.1 Å². The summed E-state index contributed by atoms with van der Waals surface area (Å²) in [6.07, 6.45) is 3.09. The number of hydrogen-bond donors (Lipinski definition) is 3. The summed E-state index contributed by atoms with van der Waals surface area (Å²) in [5.41, 5.74) is 10.4. The van der Waals surface area contributed by atoms with Crippen molar-refractivity contribution in [3.63, 3.8) is 0 Å². The highest BCUT2D eigenvalue weighted by Gasteiger charge is 2.17. The Balaban J connectivity index is 1.50. The lowest BCUT2D eigenvalue weighted by Gasteiger charge is -2.14. The summed E-state index contributed by atoms with van der Waals surface area (Å²) >= 11 is 0.